The lowest BCUT2D eigenvalue weighted by molar-refractivity contribution is -0.140. The zero-order valence-electron chi connectivity index (χ0n) is 9.85. The van der Waals surface area contributed by atoms with Crippen molar-refractivity contribution in [1.82, 2.24) is 0 Å². The maximum atomic E-state index is 10.7. The smallest absolute Gasteiger partial charge is 0.343 e. The Hall–Kier alpha value is -1.78. The molecule has 0 amide bonds. The summed E-state index contributed by atoms with van der Waals surface area (Å²) in [6.45, 7) is 1.56. The van der Waals surface area contributed by atoms with E-state index in [0.29, 0.717) is 21.2 Å². The Bertz CT molecular complexity index is 552. The van der Waals surface area contributed by atoms with E-state index in [9.17, 15) is 9.59 Å². The van der Waals surface area contributed by atoms with Gasteiger partial charge in [-0.3, -0.25) is 0 Å². The molecule has 1 aromatic carbocycles. The van der Waals surface area contributed by atoms with Crippen molar-refractivity contribution in [2.45, 2.75) is 6.92 Å². The standard InChI is InChI=1S/C13H10Cl2O4/c1-7(6-9(12(16)17)13(18)19)5-8-10(14)3-2-4-11(8)15/h2-6H,1H3,(H,16,17)(H,18,19)/b7-5+. The number of aliphatic carboxylic acids is 2. The Kier molecular flexibility index (Phi) is 5.15. The molecule has 0 fully saturated rings. The molecule has 0 saturated carbocycles. The Balaban J connectivity index is 3.23. The average molecular weight is 301 g/mol. The van der Waals surface area contributed by atoms with Crippen LogP contribution in [0.15, 0.2) is 35.4 Å². The van der Waals surface area contributed by atoms with E-state index < -0.39 is 17.5 Å². The van der Waals surface area contributed by atoms with E-state index >= 15 is 0 Å². The molecule has 0 bridgehead atoms. The summed E-state index contributed by atoms with van der Waals surface area (Å²) in [6, 6.07) is 4.93. The fourth-order valence-electron chi connectivity index (χ4n) is 1.36. The molecule has 100 valence electrons. The van der Waals surface area contributed by atoms with E-state index in [1.165, 1.54) is 6.08 Å². The van der Waals surface area contributed by atoms with Crippen molar-refractivity contribution in [3.05, 3.63) is 51.0 Å². The Labute approximate surface area is 119 Å². The van der Waals surface area contributed by atoms with Gasteiger partial charge in [0.05, 0.1) is 0 Å². The van der Waals surface area contributed by atoms with E-state index in [-0.39, 0.29) is 0 Å². The van der Waals surface area contributed by atoms with Gasteiger partial charge in [0.2, 0.25) is 0 Å². The first-order chi connectivity index (χ1) is 8.82. The van der Waals surface area contributed by atoms with Crippen molar-refractivity contribution < 1.29 is 19.8 Å². The summed E-state index contributed by atoms with van der Waals surface area (Å²) in [7, 11) is 0. The monoisotopic (exact) mass is 300 g/mol. The molecule has 2 N–H and O–H groups in total. The summed E-state index contributed by atoms with van der Waals surface area (Å²) in [5, 5.41) is 18.3. The molecule has 0 atom stereocenters. The predicted molar refractivity (Wildman–Crippen MR) is 73.5 cm³/mol. The highest BCUT2D eigenvalue weighted by atomic mass is 35.5. The van der Waals surface area contributed by atoms with Crippen LogP contribution >= 0.6 is 23.2 Å². The van der Waals surface area contributed by atoms with Crippen molar-refractivity contribution >= 4 is 41.2 Å². The largest absolute Gasteiger partial charge is 0.477 e. The van der Waals surface area contributed by atoms with Gasteiger partial charge in [-0.1, -0.05) is 29.3 Å². The van der Waals surface area contributed by atoms with Gasteiger partial charge in [-0.25, -0.2) is 9.59 Å². The first-order valence-corrected chi connectivity index (χ1v) is 5.89. The average Bonchev–Trinajstić information content (AvgIpc) is 2.30. The molecular formula is C13H10Cl2O4. The van der Waals surface area contributed by atoms with E-state index in [2.05, 4.69) is 0 Å². The van der Waals surface area contributed by atoms with Crippen LogP contribution in [-0.2, 0) is 9.59 Å². The van der Waals surface area contributed by atoms with Crippen LogP contribution in [0.5, 0.6) is 0 Å². The van der Waals surface area contributed by atoms with Crippen molar-refractivity contribution in [3.63, 3.8) is 0 Å². The lowest BCUT2D eigenvalue weighted by atomic mass is 10.1. The van der Waals surface area contributed by atoms with E-state index in [0.717, 1.165) is 6.08 Å². The molecule has 0 heterocycles. The second kappa shape index (κ2) is 6.41. The molecule has 0 spiro atoms. The van der Waals surface area contributed by atoms with E-state index in [1.54, 1.807) is 25.1 Å². The summed E-state index contributed by atoms with van der Waals surface area (Å²) < 4.78 is 0. The first kappa shape index (κ1) is 15.3. The van der Waals surface area contributed by atoms with Gasteiger partial charge in [0.15, 0.2) is 0 Å². The molecule has 0 aliphatic carbocycles. The van der Waals surface area contributed by atoms with Crippen LogP contribution in [0.4, 0.5) is 0 Å². The number of halogens is 2. The van der Waals surface area contributed by atoms with Crippen molar-refractivity contribution in [2.75, 3.05) is 0 Å². The van der Waals surface area contributed by atoms with Crippen molar-refractivity contribution in [2.24, 2.45) is 0 Å². The normalized spacial score (nSPS) is 11.0. The zero-order chi connectivity index (χ0) is 14.6. The van der Waals surface area contributed by atoms with Crippen molar-refractivity contribution in [1.29, 1.82) is 0 Å². The molecule has 1 rings (SSSR count). The second-order valence-electron chi connectivity index (χ2n) is 3.69. The van der Waals surface area contributed by atoms with Crippen LogP contribution in [0.1, 0.15) is 12.5 Å². The third kappa shape index (κ3) is 4.12. The maximum absolute atomic E-state index is 10.7. The molecule has 0 unspecified atom stereocenters. The quantitative estimate of drug-likeness (QED) is 0.386. The second-order valence-corrected chi connectivity index (χ2v) is 4.51. The van der Waals surface area contributed by atoms with Crippen LogP contribution in [0.2, 0.25) is 10.0 Å². The molecule has 0 saturated heterocycles. The number of benzene rings is 1. The minimum Gasteiger partial charge on any atom is -0.477 e. The van der Waals surface area contributed by atoms with Crippen LogP contribution in [0.3, 0.4) is 0 Å². The molecule has 0 aliphatic rings. The molecular weight excluding hydrogens is 291 g/mol. The van der Waals surface area contributed by atoms with Gasteiger partial charge in [-0.2, -0.15) is 0 Å². The van der Waals surface area contributed by atoms with E-state index in [4.69, 9.17) is 33.4 Å². The number of carbonyl (C=O) groups is 2. The van der Waals surface area contributed by atoms with Crippen LogP contribution in [-0.4, -0.2) is 22.2 Å². The summed E-state index contributed by atoms with van der Waals surface area (Å²) in [4.78, 5) is 21.5. The highest BCUT2D eigenvalue weighted by Gasteiger charge is 2.15. The summed E-state index contributed by atoms with van der Waals surface area (Å²) in [5.74, 6) is -3.02. The minimum atomic E-state index is -1.51. The fourth-order valence-corrected chi connectivity index (χ4v) is 1.87. The van der Waals surface area contributed by atoms with Crippen LogP contribution in [0, 0.1) is 0 Å². The van der Waals surface area contributed by atoms with Gasteiger partial charge in [0.25, 0.3) is 0 Å². The summed E-state index contributed by atoms with van der Waals surface area (Å²) in [5.41, 5.74) is 0.196. The summed E-state index contributed by atoms with van der Waals surface area (Å²) in [6.07, 6.45) is 2.57. The van der Waals surface area contributed by atoms with Gasteiger partial charge < -0.3 is 10.2 Å². The zero-order valence-corrected chi connectivity index (χ0v) is 11.4. The number of allylic oxidation sites excluding steroid dienone is 2. The van der Waals surface area contributed by atoms with Gasteiger partial charge >= 0.3 is 11.9 Å². The molecule has 19 heavy (non-hydrogen) atoms. The lowest BCUT2D eigenvalue weighted by Crippen LogP contribution is -2.11. The Morgan fingerprint density at radius 1 is 1.11 bits per heavy atom. The molecule has 0 aromatic heterocycles. The van der Waals surface area contributed by atoms with Gasteiger partial charge in [-0.05, 0) is 36.8 Å². The topological polar surface area (TPSA) is 74.6 Å². The third-order valence-corrected chi connectivity index (χ3v) is 2.86. The molecule has 1 aromatic rings. The fraction of sp³-hybridized carbons (Fsp3) is 0.0769. The molecule has 0 aliphatic heterocycles. The number of carboxylic acids is 2. The lowest BCUT2D eigenvalue weighted by Gasteiger charge is -2.03. The molecule has 4 nitrogen and oxygen atoms in total. The highest BCUT2D eigenvalue weighted by molar-refractivity contribution is 6.37. The third-order valence-electron chi connectivity index (χ3n) is 2.20. The Morgan fingerprint density at radius 3 is 2.00 bits per heavy atom. The van der Waals surface area contributed by atoms with Gasteiger partial charge in [-0.15, -0.1) is 0 Å². The van der Waals surface area contributed by atoms with Crippen LogP contribution < -0.4 is 0 Å². The van der Waals surface area contributed by atoms with Gasteiger partial charge in [0, 0.05) is 15.6 Å². The SMILES string of the molecule is C/C(C=C(C(=O)O)C(=O)O)=C\c1c(Cl)cccc1Cl. The number of hydrogen-bond acceptors (Lipinski definition) is 2. The highest BCUT2D eigenvalue weighted by Crippen LogP contribution is 2.26. The van der Waals surface area contributed by atoms with Crippen LogP contribution in [0.25, 0.3) is 6.08 Å². The first-order valence-electron chi connectivity index (χ1n) is 5.13. The number of hydrogen-bond donors (Lipinski definition) is 2. The summed E-state index contributed by atoms with van der Waals surface area (Å²) >= 11 is 11.9. The minimum absolute atomic E-state index is 0.396. The molecule has 0 radical (unpaired) electrons. The molecule has 6 heteroatoms. The Morgan fingerprint density at radius 2 is 1.58 bits per heavy atom. The van der Waals surface area contributed by atoms with E-state index in [1.807, 2.05) is 0 Å². The number of rotatable bonds is 4. The van der Waals surface area contributed by atoms with Crippen molar-refractivity contribution in [3.8, 4) is 0 Å². The predicted octanol–water partition coefficient (Wildman–Crippen LogP) is 3.49. The van der Waals surface area contributed by atoms with Gasteiger partial charge in [0.1, 0.15) is 5.57 Å². The number of carboxylic acid groups (broad SMARTS) is 2. The maximum Gasteiger partial charge on any atom is 0.343 e.